The van der Waals surface area contributed by atoms with Crippen molar-refractivity contribution >= 4 is 34.8 Å². The minimum atomic E-state index is -0.0190. The maximum Gasteiger partial charge on any atom is 0.0624 e. The van der Waals surface area contributed by atoms with Gasteiger partial charge in [-0.25, -0.2) is 0 Å². The quantitative estimate of drug-likeness (QED) is 0.865. The summed E-state index contributed by atoms with van der Waals surface area (Å²) in [6.07, 6.45) is 1.44. The largest absolute Gasteiger partial charge is 0.327 e. The van der Waals surface area contributed by atoms with Crippen LogP contribution in [-0.4, -0.2) is 6.04 Å². The maximum absolute atomic E-state index is 6.16. The SMILES string of the molecule is NC(Cc1cccc(Cl)c1)Cc1cccc(Cl)c1Cl. The molecule has 19 heavy (non-hydrogen) atoms. The Labute approximate surface area is 128 Å². The van der Waals surface area contributed by atoms with Gasteiger partial charge in [0.1, 0.15) is 0 Å². The Hall–Kier alpha value is -0.730. The highest BCUT2D eigenvalue weighted by molar-refractivity contribution is 6.42. The molecule has 0 aliphatic rings. The second kappa shape index (κ2) is 6.62. The molecule has 2 N–H and O–H groups in total. The predicted octanol–water partition coefficient (Wildman–Crippen LogP) is 4.76. The van der Waals surface area contributed by atoms with Crippen LogP contribution in [0.3, 0.4) is 0 Å². The first-order valence-electron chi connectivity index (χ1n) is 5.99. The second-order valence-corrected chi connectivity index (χ2v) is 5.73. The Morgan fingerprint density at radius 2 is 1.68 bits per heavy atom. The van der Waals surface area contributed by atoms with E-state index >= 15 is 0 Å². The summed E-state index contributed by atoms with van der Waals surface area (Å²) in [6.45, 7) is 0. The van der Waals surface area contributed by atoms with Crippen molar-refractivity contribution in [2.45, 2.75) is 18.9 Å². The van der Waals surface area contributed by atoms with Crippen LogP contribution in [0.25, 0.3) is 0 Å². The molecule has 0 saturated heterocycles. The third-order valence-corrected chi connectivity index (χ3v) is 3.99. The van der Waals surface area contributed by atoms with Gasteiger partial charge in [-0.1, -0.05) is 59.1 Å². The zero-order valence-electron chi connectivity index (χ0n) is 10.2. The number of halogens is 3. The molecule has 0 amide bonds. The van der Waals surface area contributed by atoms with E-state index in [2.05, 4.69) is 0 Å². The minimum Gasteiger partial charge on any atom is -0.327 e. The molecule has 0 bridgehead atoms. The van der Waals surface area contributed by atoms with E-state index in [0.717, 1.165) is 22.6 Å². The van der Waals surface area contributed by atoms with Gasteiger partial charge in [-0.3, -0.25) is 0 Å². The van der Waals surface area contributed by atoms with Crippen molar-refractivity contribution in [3.63, 3.8) is 0 Å². The van der Waals surface area contributed by atoms with Gasteiger partial charge in [0.25, 0.3) is 0 Å². The first-order chi connectivity index (χ1) is 9.06. The molecule has 0 aliphatic heterocycles. The van der Waals surface area contributed by atoms with Gasteiger partial charge in [-0.15, -0.1) is 0 Å². The number of hydrogen-bond acceptors (Lipinski definition) is 1. The van der Waals surface area contributed by atoms with Gasteiger partial charge in [-0.2, -0.15) is 0 Å². The van der Waals surface area contributed by atoms with Crippen LogP contribution < -0.4 is 5.73 Å². The van der Waals surface area contributed by atoms with Crippen molar-refractivity contribution in [2.24, 2.45) is 5.73 Å². The highest BCUT2D eigenvalue weighted by Gasteiger charge is 2.10. The smallest absolute Gasteiger partial charge is 0.0624 e. The van der Waals surface area contributed by atoms with Crippen LogP contribution in [0.15, 0.2) is 42.5 Å². The molecule has 0 spiro atoms. The van der Waals surface area contributed by atoms with Gasteiger partial charge in [0.2, 0.25) is 0 Å². The Morgan fingerprint density at radius 3 is 2.42 bits per heavy atom. The van der Waals surface area contributed by atoms with Crippen LogP contribution in [0, 0.1) is 0 Å². The molecule has 1 atom stereocenters. The average Bonchev–Trinajstić information content (AvgIpc) is 2.35. The highest BCUT2D eigenvalue weighted by Crippen LogP contribution is 2.26. The molecule has 0 heterocycles. The van der Waals surface area contributed by atoms with Crippen molar-refractivity contribution in [2.75, 3.05) is 0 Å². The topological polar surface area (TPSA) is 26.0 Å². The summed E-state index contributed by atoms with van der Waals surface area (Å²) in [6, 6.07) is 13.3. The standard InChI is InChI=1S/C15H14Cl3N/c16-12-5-1-3-10(7-12)8-13(19)9-11-4-2-6-14(17)15(11)18/h1-7,13H,8-9,19H2. The van der Waals surface area contributed by atoms with E-state index in [1.54, 1.807) is 6.07 Å². The van der Waals surface area contributed by atoms with Gasteiger partial charge in [-0.05, 0) is 42.2 Å². The fourth-order valence-corrected chi connectivity index (χ4v) is 2.64. The number of hydrogen-bond donors (Lipinski definition) is 1. The third kappa shape index (κ3) is 4.12. The normalized spacial score (nSPS) is 12.4. The first kappa shape index (κ1) is 14.7. The molecule has 0 aromatic heterocycles. The van der Waals surface area contributed by atoms with Crippen molar-refractivity contribution in [3.8, 4) is 0 Å². The molecule has 0 fully saturated rings. The van der Waals surface area contributed by atoms with E-state index in [1.807, 2.05) is 36.4 Å². The number of benzene rings is 2. The van der Waals surface area contributed by atoms with Gasteiger partial charge < -0.3 is 5.73 Å². The summed E-state index contributed by atoms with van der Waals surface area (Å²) in [4.78, 5) is 0. The molecular formula is C15H14Cl3N. The lowest BCUT2D eigenvalue weighted by Gasteiger charge is -2.13. The molecule has 0 aliphatic carbocycles. The molecule has 0 saturated carbocycles. The zero-order chi connectivity index (χ0) is 13.8. The molecule has 2 aromatic carbocycles. The van der Waals surface area contributed by atoms with Crippen molar-refractivity contribution < 1.29 is 0 Å². The van der Waals surface area contributed by atoms with Crippen LogP contribution >= 0.6 is 34.8 Å². The first-order valence-corrected chi connectivity index (χ1v) is 7.12. The van der Waals surface area contributed by atoms with Gasteiger partial charge >= 0.3 is 0 Å². The van der Waals surface area contributed by atoms with E-state index in [0.29, 0.717) is 16.5 Å². The maximum atomic E-state index is 6.16. The Balaban J connectivity index is 2.05. The molecule has 2 rings (SSSR count). The molecule has 100 valence electrons. The summed E-state index contributed by atoms with van der Waals surface area (Å²) in [7, 11) is 0. The van der Waals surface area contributed by atoms with Crippen LogP contribution in [0.2, 0.25) is 15.1 Å². The summed E-state index contributed by atoms with van der Waals surface area (Å²) in [5, 5.41) is 1.88. The second-order valence-electron chi connectivity index (χ2n) is 4.51. The molecule has 1 unspecified atom stereocenters. The average molecular weight is 315 g/mol. The number of nitrogens with two attached hydrogens (primary N) is 1. The summed E-state index contributed by atoms with van der Waals surface area (Å²) in [5.41, 5.74) is 8.26. The Morgan fingerprint density at radius 1 is 0.947 bits per heavy atom. The van der Waals surface area contributed by atoms with E-state index in [-0.39, 0.29) is 6.04 Å². The zero-order valence-corrected chi connectivity index (χ0v) is 12.5. The Bertz CT molecular complexity index is 569. The fourth-order valence-electron chi connectivity index (χ4n) is 2.03. The lowest BCUT2D eigenvalue weighted by Crippen LogP contribution is -2.25. The van der Waals surface area contributed by atoms with Crippen LogP contribution in [-0.2, 0) is 12.8 Å². The molecular weight excluding hydrogens is 301 g/mol. The summed E-state index contributed by atoms with van der Waals surface area (Å²) < 4.78 is 0. The summed E-state index contributed by atoms with van der Waals surface area (Å²) in [5.74, 6) is 0. The lowest BCUT2D eigenvalue weighted by atomic mass is 10.00. The van der Waals surface area contributed by atoms with E-state index in [9.17, 15) is 0 Å². The molecule has 2 aromatic rings. The molecule has 1 nitrogen and oxygen atoms in total. The molecule has 0 radical (unpaired) electrons. The minimum absolute atomic E-state index is 0.0190. The van der Waals surface area contributed by atoms with Gasteiger partial charge in [0, 0.05) is 11.1 Å². The van der Waals surface area contributed by atoms with Gasteiger partial charge in [0.05, 0.1) is 10.0 Å². The fraction of sp³-hybridized carbons (Fsp3) is 0.200. The number of rotatable bonds is 4. The van der Waals surface area contributed by atoms with Crippen molar-refractivity contribution in [3.05, 3.63) is 68.7 Å². The van der Waals surface area contributed by atoms with Crippen LogP contribution in [0.4, 0.5) is 0 Å². The predicted molar refractivity (Wildman–Crippen MR) is 83.3 cm³/mol. The van der Waals surface area contributed by atoms with Crippen molar-refractivity contribution in [1.82, 2.24) is 0 Å². The van der Waals surface area contributed by atoms with Crippen LogP contribution in [0.5, 0.6) is 0 Å². The van der Waals surface area contributed by atoms with E-state index in [4.69, 9.17) is 40.5 Å². The van der Waals surface area contributed by atoms with E-state index in [1.165, 1.54) is 0 Å². The van der Waals surface area contributed by atoms with Crippen LogP contribution in [0.1, 0.15) is 11.1 Å². The monoisotopic (exact) mass is 313 g/mol. The Kier molecular flexibility index (Phi) is 5.12. The third-order valence-electron chi connectivity index (χ3n) is 2.90. The summed E-state index contributed by atoms with van der Waals surface area (Å²) >= 11 is 18.1. The molecule has 4 heteroatoms. The van der Waals surface area contributed by atoms with E-state index < -0.39 is 0 Å². The lowest BCUT2D eigenvalue weighted by molar-refractivity contribution is 0.665. The van der Waals surface area contributed by atoms with Crippen molar-refractivity contribution in [1.29, 1.82) is 0 Å². The van der Waals surface area contributed by atoms with Gasteiger partial charge in [0.15, 0.2) is 0 Å². The highest BCUT2D eigenvalue weighted by atomic mass is 35.5.